The maximum atomic E-state index is 14.1. The van der Waals surface area contributed by atoms with Crippen molar-refractivity contribution in [3.05, 3.63) is 100 Å². The number of benzene rings is 3. The first-order valence-corrected chi connectivity index (χ1v) is 14.9. The van der Waals surface area contributed by atoms with Crippen LogP contribution in [0, 0.1) is 5.82 Å². The van der Waals surface area contributed by atoms with Gasteiger partial charge >= 0.3 is 10.2 Å². The molecule has 11 heteroatoms. The zero-order valence-electron chi connectivity index (χ0n) is 22.9. The van der Waals surface area contributed by atoms with E-state index in [0.717, 1.165) is 36.3 Å². The number of carbonyl (C=O) groups is 2. The molecule has 40 heavy (non-hydrogen) atoms. The molecule has 0 saturated carbocycles. The quantitative estimate of drug-likeness (QED) is 0.321. The van der Waals surface area contributed by atoms with E-state index in [1.165, 1.54) is 31.1 Å². The van der Waals surface area contributed by atoms with Gasteiger partial charge in [-0.2, -0.15) is 12.7 Å². The molecule has 3 aromatic rings. The van der Waals surface area contributed by atoms with Crippen LogP contribution in [-0.4, -0.2) is 62.2 Å². The molecule has 0 aliphatic rings. The summed E-state index contributed by atoms with van der Waals surface area (Å²) in [5, 5.41) is 2.91. The maximum Gasteiger partial charge on any atom is 0.304 e. The van der Waals surface area contributed by atoms with Gasteiger partial charge in [0.1, 0.15) is 18.4 Å². The van der Waals surface area contributed by atoms with Crippen molar-refractivity contribution < 1.29 is 22.4 Å². The number of carbonyl (C=O) groups excluding carboxylic acids is 2. The number of anilines is 1. The van der Waals surface area contributed by atoms with Crippen molar-refractivity contribution in [3.63, 3.8) is 0 Å². The predicted octanol–water partition coefficient (Wildman–Crippen LogP) is 4.37. The van der Waals surface area contributed by atoms with Gasteiger partial charge in [-0.25, -0.2) is 8.70 Å². The van der Waals surface area contributed by atoms with E-state index < -0.39 is 34.5 Å². The number of nitrogens with zero attached hydrogens (tertiary/aromatic N) is 3. The molecule has 0 radical (unpaired) electrons. The van der Waals surface area contributed by atoms with Crippen LogP contribution in [0.15, 0.2) is 83.3 Å². The highest BCUT2D eigenvalue weighted by molar-refractivity contribution is 9.10. The number of halogens is 2. The highest BCUT2D eigenvalue weighted by Crippen LogP contribution is 2.22. The Morgan fingerprint density at radius 1 is 0.900 bits per heavy atom. The third-order valence-corrected chi connectivity index (χ3v) is 8.45. The van der Waals surface area contributed by atoms with Crippen LogP contribution in [0.2, 0.25) is 0 Å². The SMILES string of the molecule is CC(C)NC(=O)[C@@H](Cc1ccccc1)N(Cc1ccc(Br)cc1)C(=O)CN(c1ccc(F)cc1)S(=O)(=O)N(C)C. The molecule has 0 heterocycles. The van der Waals surface area contributed by atoms with Gasteiger partial charge in [0, 0.05) is 37.6 Å². The fourth-order valence-electron chi connectivity index (χ4n) is 4.05. The molecule has 0 saturated heterocycles. The lowest BCUT2D eigenvalue weighted by Gasteiger charge is -2.34. The van der Waals surface area contributed by atoms with Crippen molar-refractivity contribution in [1.82, 2.24) is 14.5 Å². The molecule has 3 aromatic carbocycles. The molecule has 2 amide bonds. The Balaban J connectivity index is 2.08. The van der Waals surface area contributed by atoms with Crippen LogP contribution in [0.4, 0.5) is 10.1 Å². The topological polar surface area (TPSA) is 90.0 Å². The first kappa shape index (κ1) is 31.3. The minimum absolute atomic E-state index is 0.0639. The highest BCUT2D eigenvalue weighted by Gasteiger charge is 2.34. The standard InChI is InChI=1S/C29H34BrFN4O4S/c1-21(2)32-29(37)27(18-22-8-6-5-7-9-22)34(19-23-10-12-24(30)13-11-23)28(36)20-35(40(38,39)33(3)4)26-16-14-25(31)15-17-26/h5-17,21,27H,18-20H2,1-4H3,(H,32,37)/t27-/m1/s1. The lowest BCUT2D eigenvalue weighted by Crippen LogP contribution is -2.55. The fourth-order valence-corrected chi connectivity index (χ4v) is 5.37. The van der Waals surface area contributed by atoms with Crippen molar-refractivity contribution in [2.24, 2.45) is 0 Å². The summed E-state index contributed by atoms with van der Waals surface area (Å²) in [5.74, 6) is -1.48. The molecular formula is C29H34BrFN4O4S. The van der Waals surface area contributed by atoms with Gasteiger partial charge in [0.15, 0.2) is 0 Å². The zero-order chi connectivity index (χ0) is 29.4. The second kappa shape index (κ2) is 13.9. The van der Waals surface area contributed by atoms with E-state index in [2.05, 4.69) is 21.2 Å². The van der Waals surface area contributed by atoms with E-state index in [1.54, 1.807) is 0 Å². The molecule has 0 bridgehead atoms. The summed E-state index contributed by atoms with van der Waals surface area (Å²) >= 11 is 3.41. The number of hydrogen-bond donors (Lipinski definition) is 1. The summed E-state index contributed by atoms with van der Waals surface area (Å²) < 4.78 is 43.1. The second-order valence-electron chi connectivity index (χ2n) is 9.79. The Bertz CT molecular complexity index is 1390. The Hall–Kier alpha value is -3.28. The average Bonchev–Trinajstić information content (AvgIpc) is 2.90. The van der Waals surface area contributed by atoms with E-state index in [-0.39, 0.29) is 30.6 Å². The van der Waals surface area contributed by atoms with Gasteiger partial charge in [-0.3, -0.25) is 9.59 Å². The number of nitrogens with one attached hydrogen (secondary N) is 1. The third kappa shape index (κ3) is 8.36. The van der Waals surface area contributed by atoms with E-state index >= 15 is 0 Å². The largest absolute Gasteiger partial charge is 0.352 e. The number of amides is 2. The van der Waals surface area contributed by atoms with Crippen LogP contribution >= 0.6 is 15.9 Å². The van der Waals surface area contributed by atoms with Crippen LogP contribution < -0.4 is 9.62 Å². The number of rotatable bonds is 12. The molecule has 0 unspecified atom stereocenters. The molecule has 1 N–H and O–H groups in total. The monoisotopic (exact) mass is 632 g/mol. The van der Waals surface area contributed by atoms with Gasteiger partial charge in [-0.1, -0.05) is 58.4 Å². The van der Waals surface area contributed by atoms with Gasteiger partial charge in [0.2, 0.25) is 11.8 Å². The summed E-state index contributed by atoms with van der Waals surface area (Å²) in [6.07, 6.45) is 0.221. The van der Waals surface area contributed by atoms with Gasteiger partial charge in [0.05, 0.1) is 5.69 Å². The van der Waals surface area contributed by atoms with Crippen molar-refractivity contribution >= 4 is 43.6 Å². The van der Waals surface area contributed by atoms with Crippen molar-refractivity contribution in [3.8, 4) is 0 Å². The first-order valence-electron chi connectivity index (χ1n) is 12.7. The Morgan fingerprint density at radius 2 is 1.50 bits per heavy atom. The smallest absolute Gasteiger partial charge is 0.304 e. The Kier molecular flexibility index (Phi) is 10.8. The van der Waals surface area contributed by atoms with Crippen LogP contribution in [0.5, 0.6) is 0 Å². The van der Waals surface area contributed by atoms with Crippen LogP contribution in [0.3, 0.4) is 0 Å². The molecule has 0 aromatic heterocycles. The number of hydrogen-bond acceptors (Lipinski definition) is 4. The minimum Gasteiger partial charge on any atom is -0.352 e. The molecular weight excluding hydrogens is 599 g/mol. The third-order valence-electron chi connectivity index (χ3n) is 6.10. The highest BCUT2D eigenvalue weighted by atomic mass is 79.9. The van der Waals surface area contributed by atoms with E-state index in [0.29, 0.717) is 0 Å². The average molecular weight is 634 g/mol. The van der Waals surface area contributed by atoms with E-state index in [1.807, 2.05) is 68.4 Å². The molecule has 3 rings (SSSR count). The van der Waals surface area contributed by atoms with Gasteiger partial charge in [-0.05, 0) is 61.4 Å². The molecule has 0 fully saturated rings. The lowest BCUT2D eigenvalue weighted by atomic mass is 10.0. The molecule has 8 nitrogen and oxygen atoms in total. The minimum atomic E-state index is -4.15. The van der Waals surface area contributed by atoms with Crippen LogP contribution in [-0.2, 0) is 32.8 Å². The summed E-state index contributed by atoms with van der Waals surface area (Å²) in [7, 11) is -1.44. The van der Waals surface area contributed by atoms with Crippen LogP contribution in [0.25, 0.3) is 0 Å². The molecule has 0 aliphatic heterocycles. The summed E-state index contributed by atoms with van der Waals surface area (Å²) in [6, 6.07) is 20.4. The van der Waals surface area contributed by atoms with Gasteiger partial charge < -0.3 is 10.2 Å². The Morgan fingerprint density at radius 3 is 2.05 bits per heavy atom. The lowest BCUT2D eigenvalue weighted by molar-refractivity contribution is -0.140. The maximum absolute atomic E-state index is 14.1. The van der Waals surface area contributed by atoms with Crippen molar-refractivity contribution in [1.29, 1.82) is 0 Å². The van der Waals surface area contributed by atoms with Gasteiger partial charge in [0.25, 0.3) is 0 Å². The molecule has 0 spiro atoms. The van der Waals surface area contributed by atoms with Gasteiger partial charge in [-0.15, -0.1) is 0 Å². The van der Waals surface area contributed by atoms with E-state index in [9.17, 15) is 22.4 Å². The van der Waals surface area contributed by atoms with Crippen molar-refractivity contribution in [2.75, 3.05) is 24.9 Å². The van der Waals surface area contributed by atoms with E-state index in [4.69, 9.17) is 0 Å². The molecule has 214 valence electrons. The predicted molar refractivity (Wildman–Crippen MR) is 158 cm³/mol. The molecule has 0 aliphatic carbocycles. The van der Waals surface area contributed by atoms with Crippen LogP contribution in [0.1, 0.15) is 25.0 Å². The fraction of sp³-hybridized carbons (Fsp3) is 0.310. The summed E-state index contributed by atoms with van der Waals surface area (Å²) in [6.45, 7) is 3.13. The summed E-state index contributed by atoms with van der Waals surface area (Å²) in [5.41, 5.74) is 1.73. The Labute approximate surface area is 244 Å². The summed E-state index contributed by atoms with van der Waals surface area (Å²) in [4.78, 5) is 29.1. The molecule has 1 atom stereocenters. The normalized spacial score (nSPS) is 12.3. The zero-order valence-corrected chi connectivity index (χ0v) is 25.3. The van der Waals surface area contributed by atoms with Crippen molar-refractivity contribution in [2.45, 2.75) is 38.9 Å². The second-order valence-corrected chi connectivity index (χ2v) is 12.8. The first-order chi connectivity index (χ1) is 18.9.